The highest BCUT2D eigenvalue weighted by Gasteiger charge is 1.96. The van der Waals surface area contributed by atoms with Crippen LogP contribution >= 0.6 is 0 Å². The summed E-state index contributed by atoms with van der Waals surface area (Å²) < 4.78 is 0. The van der Waals surface area contributed by atoms with Gasteiger partial charge in [-0.3, -0.25) is 4.79 Å². The van der Waals surface area contributed by atoms with Gasteiger partial charge in [-0.05, 0) is 23.1 Å². The fourth-order valence-corrected chi connectivity index (χ4v) is 1.33. The predicted molar refractivity (Wildman–Crippen MR) is 54.7 cm³/mol. The molecule has 2 heteroatoms. The lowest BCUT2D eigenvalue weighted by Gasteiger charge is -1.97. The van der Waals surface area contributed by atoms with Crippen molar-refractivity contribution >= 4 is 16.8 Å². The number of nitrogens with one attached hydrogen (secondary N) is 1. The number of pyridine rings is 1. The highest BCUT2D eigenvalue weighted by molar-refractivity contribution is 5.83. The molecule has 0 aliphatic heterocycles. The van der Waals surface area contributed by atoms with Crippen molar-refractivity contribution in [3.05, 3.63) is 53.0 Å². The van der Waals surface area contributed by atoms with E-state index >= 15 is 0 Å². The lowest BCUT2D eigenvalue weighted by Crippen LogP contribution is -2.04. The number of H-pyrrole nitrogens is 1. The Kier molecular flexibility index (Phi) is 1.74. The van der Waals surface area contributed by atoms with E-state index in [0.717, 1.165) is 10.9 Å². The van der Waals surface area contributed by atoms with Gasteiger partial charge in [0.15, 0.2) is 0 Å². The molecule has 2 nitrogen and oxygen atoms in total. The van der Waals surface area contributed by atoms with Gasteiger partial charge in [-0.2, -0.15) is 0 Å². The molecule has 1 aromatic carbocycles. The minimum atomic E-state index is -0.0544. The first-order valence-electron chi connectivity index (χ1n) is 4.05. The summed E-state index contributed by atoms with van der Waals surface area (Å²) >= 11 is 0. The second kappa shape index (κ2) is 2.90. The number of aromatic amines is 1. The van der Waals surface area contributed by atoms with Crippen molar-refractivity contribution in [2.75, 3.05) is 0 Å². The highest BCUT2D eigenvalue weighted by atomic mass is 16.1. The first-order chi connectivity index (χ1) is 6.31. The average molecular weight is 171 g/mol. The largest absolute Gasteiger partial charge is 0.329 e. The molecule has 2 rings (SSSR count). The zero-order chi connectivity index (χ0) is 9.26. The Labute approximate surface area is 75.5 Å². The van der Waals surface area contributed by atoms with E-state index in [2.05, 4.69) is 11.6 Å². The maximum atomic E-state index is 11.4. The third kappa shape index (κ3) is 1.26. The monoisotopic (exact) mass is 171 g/mol. The van der Waals surface area contributed by atoms with Crippen LogP contribution < -0.4 is 5.56 Å². The van der Waals surface area contributed by atoms with Crippen molar-refractivity contribution in [2.24, 2.45) is 0 Å². The van der Waals surface area contributed by atoms with Gasteiger partial charge in [-0.15, -0.1) is 0 Å². The molecule has 2 aromatic rings. The van der Waals surface area contributed by atoms with Crippen LogP contribution in [0.4, 0.5) is 0 Å². The van der Waals surface area contributed by atoms with E-state index in [9.17, 15) is 4.79 Å². The van der Waals surface area contributed by atoms with Gasteiger partial charge in [-0.25, -0.2) is 0 Å². The third-order valence-corrected chi connectivity index (χ3v) is 2.03. The highest BCUT2D eigenvalue weighted by Crippen LogP contribution is 2.11. The van der Waals surface area contributed by atoms with Gasteiger partial charge in [-0.1, -0.05) is 24.8 Å². The van der Waals surface area contributed by atoms with E-state index in [1.54, 1.807) is 12.3 Å². The fraction of sp³-hybridized carbons (Fsp3) is 0. The van der Waals surface area contributed by atoms with Crippen LogP contribution in [0.15, 0.2) is 41.8 Å². The van der Waals surface area contributed by atoms with Crippen LogP contribution in [0.2, 0.25) is 0 Å². The molecule has 0 fully saturated rings. The maximum Gasteiger partial charge on any atom is 0.255 e. The van der Waals surface area contributed by atoms with Crippen molar-refractivity contribution in [1.82, 2.24) is 4.98 Å². The lowest BCUT2D eigenvalue weighted by atomic mass is 10.1. The molecular formula is C11H9NO. The smallest absolute Gasteiger partial charge is 0.255 e. The van der Waals surface area contributed by atoms with E-state index in [4.69, 9.17) is 0 Å². The number of rotatable bonds is 1. The summed E-state index contributed by atoms with van der Waals surface area (Å²) in [5.41, 5.74) is 0.908. The molecule has 0 radical (unpaired) electrons. The molecule has 1 N–H and O–H groups in total. The van der Waals surface area contributed by atoms with Crippen molar-refractivity contribution < 1.29 is 0 Å². The minimum absolute atomic E-state index is 0.0544. The van der Waals surface area contributed by atoms with E-state index < -0.39 is 0 Å². The summed E-state index contributed by atoms with van der Waals surface area (Å²) in [5.74, 6) is 0. The average Bonchev–Trinajstić information content (AvgIpc) is 2.18. The van der Waals surface area contributed by atoms with Crippen LogP contribution in [0.25, 0.3) is 16.8 Å². The summed E-state index contributed by atoms with van der Waals surface area (Å²) in [6.07, 6.45) is 3.38. The second-order valence-corrected chi connectivity index (χ2v) is 2.86. The number of hydrogen-bond acceptors (Lipinski definition) is 1. The number of aromatic nitrogens is 1. The van der Waals surface area contributed by atoms with Crippen molar-refractivity contribution in [1.29, 1.82) is 0 Å². The van der Waals surface area contributed by atoms with Gasteiger partial charge in [0.25, 0.3) is 5.56 Å². The predicted octanol–water partition coefficient (Wildman–Crippen LogP) is 2.17. The molecular weight excluding hydrogens is 162 g/mol. The molecule has 0 saturated heterocycles. The van der Waals surface area contributed by atoms with Gasteiger partial charge >= 0.3 is 0 Å². The summed E-state index contributed by atoms with van der Waals surface area (Å²) in [6, 6.07) is 7.57. The zero-order valence-electron chi connectivity index (χ0n) is 7.08. The van der Waals surface area contributed by atoms with Crippen LogP contribution in [0.1, 0.15) is 5.56 Å². The molecule has 0 amide bonds. The van der Waals surface area contributed by atoms with Crippen molar-refractivity contribution in [3.63, 3.8) is 0 Å². The Morgan fingerprint density at radius 2 is 2.15 bits per heavy atom. The molecule has 13 heavy (non-hydrogen) atoms. The van der Waals surface area contributed by atoms with Crippen LogP contribution in [0.5, 0.6) is 0 Å². The Balaban J connectivity index is 2.90. The minimum Gasteiger partial charge on any atom is -0.329 e. The standard InChI is InChI=1S/C11H9NO/c1-2-8-3-4-9-5-6-12-11(13)10(9)7-8/h2-7H,1H2,(H,12,13). The quantitative estimate of drug-likeness (QED) is 0.700. The van der Waals surface area contributed by atoms with Gasteiger partial charge in [0.05, 0.1) is 0 Å². The summed E-state index contributed by atoms with van der Waals surface area (Å²) in [4.78, 5) is 14.0. The van der Waals surface area contributed by atoms with E-state index in [-0.39, 0.29) is 5.56 Å². The first-order valence-corrected chi connectivity index (χ1v) is 4.05. The van der Waals surface area contributed by atoms with Crippen molar-refractivity contribution in [2.45, 2.75) is 0 Å². The number of benzene rings is 1. The topological polar surface area (TPSA) is 32.9 Å². The first kappa shape index (κ1) is 7.80. The lowest BCUT2D eigenvalue weighted by molar-refractivity contribution is 1.28. The van der Waals surface area contributed by atoms with Crippen LogP contribution in [-0.4, -0.2) is 4.98 Å². The molecule has 0 atom stereocenters. The molecule has 0 aliphatic rings. The molecule has 0 spiro atoms. The summed E-state index contributed by atoms with van der Waals surface area (Å²) in [5, 5.41) is 1.66. The molecule has 64 valence electrons. The number of fused-ring (bicyclic) bond motifs is 1. The van der Waals surface area contributed by atoms with Gasteiger partial charge in [0.1, 0.15) is 0 Å². The SMILES string of the molecule is C=Cc1ccc2cc[nH]c(=O)c2c1. The summed E-state index contributed by atoms with van der Waals surface area (Å²) in [7, 11) is 0. The molecule has 0 saturated carbocycles. The van der Waals surface area contributed by atoms with Crippen LogP contribution in [0, 0.1) is 0 Å². The zero-order valence-corrected chi connectivity index (χ0v) is 7.08. The van der Waals surface area contributed by atoms with Gasteiger partial charge in [0.2, 0.25) is 0 Å². The Hall–Kier alpha value is -1.83. The van der Waals surface area contributed by atoms with E-state index in [1.165, 1.54) is 0 Å². The van der Waals surface area contributed by atoms with Crippen LogP contribution in [-0.2, 0) is 0 Å². The van der Waals surface area contributed by atoms with Crippen LogP contribution in [0.3, 0.4) is 0 Å². The van der Waals surface area contributed by atoms with Crippen molar-refractivity contribution in [3.8, 4) is 0 Å². The molecule has 0 bridgehead atoms. The molecule has 1 aromatic heterocycles. The van der Waals surface area contributed by atoms with E-state index in [1.807, 2.05) is 24.3 Å². The fourth-order valence-electron chi connectivity index (χ4n) is 1.33. The number of hydrogen-bond donors (Lipinski definition) is 1. The normalized spacial score (nSPS) is 10.2. The molecule has 0 unspecified atom stereocenters. The van der Waals surface area contributed by atoms with E-state index in [0.29, 0.717) is 5.39 Å². The molecule has 0 aliphatic carbocycles. The third-order valence-electron chi connectivity index (χ3n) is 2.03. The summed E-state index contributed by atoms with van der Waals surface area (Å²) in [6.45, 7) is 3.66. The van der Waals surface area contributed by atoms with Gasteiger partial charge < -0.3 is 4.98 Å². The Bertz CT molecular complexity index is 511. The molecule has 1 heterocycles. The Morgan fingerprint density at radius 1 is 1.31 bits per heavy atom. The Morgan fingerprint density at radius 3 is 2.92 bits per heavy atom. The van der Waals surface area contributed by atoms with Gasteiger partial charge in [0, 0.05) is 11.6 Å². The second-order valence-electron chi connectivity index (χ2n) is 2.86. The maximum absolute atomic E-state index is 11.4.